The summed E-state index contributed by atoms with van der Waals surface area (Å²) in [6, 6.07) is 5.09. The first-order valence-corrected chi connectivity index (χ1v) is 8.64. The Morgan fingerprint density at radius 3 is 2.48 bits per heavy atom. The average molecular weight is 369 g/mol. The minimum atomic E-state index is -1.04. The van der Waals surface area contributed by atoms with Crippen molar-refractivity contribution in [2.24, 2.45) is 0 Å². The summed E-state index contributed by atoms with van der Waals surface area (Å²) in [5, 5.41) is 9.32. The molecule has 2 unspecified atom stereocenters. The van der Waals surface area contributed by atoms with Crippen LogP contribution in [0, 0.1) is 0 Å². The number of carboxylic acids is 1. The Bertz CT molecular complexity index is 832. The maximum Gasteiger partial charge on any atom is 1.00 e. The molecule has 0 aliphatic carbocycles. The molecular weight excluding hydrogens is 345 g/mol. The van der Waals surface area contributed by atoms with Crippen molar-refractivity contribution in [3.63, 3.8) is 0 Å². The Morgan fingerprint density at radius 1 is 1.30 bits per heavy atom. The molecule has 1 aliphatic rings. The predicted molar refractivity (Wildman–Crippen MR) is 96.7 cm³/mol. The van der Waals surface area contributed by atoms with Gasteiger partial charge in [-0.2, -0.15) is 4.98 Å². The Labute approximate surface area is 171 Å². The van der Waals surface area contributed by atoms with Gasteiger partial charge in [0.1, 0.15) is 5.52 Å². The summed E-state index contributed by atoms with van der Waals surface area (Å²) in [5.74, 6) is -1.04. The van der Waals surface area contributed by atoms with E-state index in [9.17, 15) is 14.7 Å². The zero-order chi connectivity index (χ0) is 19.0. The van der Waals surface area contributed by atoms with Gasteiger partial charge in [-0.3, -0.25) is 0 Å². The van der Waals surface area contributed by atoms with Gasteiger partial charge in [-0.15, -0.1) is 0 Å². The minimum Gasteiger partial charge on any atom is -1.00 e. The smallest absolute Gasteiger partial charge is 1.00 e. The van der Waals surface area contributed by atoms with Crippen molar-refractivity contribution >= 4 is 29.2 Å². The number of nitrogens with zero attached hydrogens (tertiary/aromatic N) is 3. The van der Waals surface area contributed by atoms with Gasteiger partial charge in [0.2, 0.25) is 0 Å². The third-order valence-corrected chi connectivity index (χ3v) is 4.37. The second kappa shape index (κ2) is 8.24. The SMILES string of the molecule is CC(C)OC(=O)N1CC(C)N(c2nc3c(C(=O)O)cccc3o2)C(C)C1.[H-].[Li+]. The Morgan fingerprint density at radius 2 is 1.93 bits per heavy atom. The molecule has 2 heterocycles. The van der Waals surface area contributed by atoms with Crippen LogP contribution >= 0.6 is 0 Å². The molecule has 27 heavy (non-hydrogen) atoms. The molecule has 0 spiro atoms. The largest absolute Gasteiger partial charge is 1.00 e. The predicted octanol–water partition coefficient (Wildman–Crippen LogP) is 0.0865. The maximum atomic E-state index is 12.2. The average Bonchev–Trinajstić information content (AvgIpc) is 2.96. The van der Waals surface area contributed by atoms with E-state index < -0.39 is 5.97 Å². The van der Waals surface area contributed by atoms with Crippen LogP contribution in [0.3, 0.4) is 0 Å². The number of anilines is 1. The van der Waals surface area contributed by atoms with E-state index >= 15 is 0 Å². The Hall–Kier alpha value is -2.17. The van der Waals surface area contributed by atoms with E-state index in [0.717, 1.165) is 0 Å². The van der Waals surface area contributed by atoms with Gasteiger partial charge in [-0.1, -0.05) is 6.07 Å². The topological polar surface area (TPSA) is 96.1 Å². The number of hydrogen-bond donors (Lipinski definition) is 1. The molecule has 0 bridgehead atoms. The molecule has 3 rings (SSSR count). The van der Waals surface area contributed by atoms with Crippen LogP contribution in [-0.2, 0) is 4.74 Å². The molecule has 1 saturated heterocycles. The number of amides is 1. The third-order valence-electron chi connectivity index (χ3n) is 4.37. The maximum absolute atomic E-state index is 12.2. The summed E-state index contributed by atoms with van der Waals surface area (Å²) in [7, 11) is 0. The van der Waals surface area contributed by atoms with E-state index in [1.807, 2.05) is 32.6 Å². The first kappa shape index (κ1) is 21.1. The number of para-hydroxylation sites is 1. The van der Waals surface area contributed by atoms with Gasteiger partial charge in [0.25, 0.3) is 6.01 Å². The molecule has 2 atom stereocenters. The molecular formula is C18H24LiN3O5. The van der Waals surface area contributed by atoms with Crippen LogP contribution in [0.15, 0.2) is 22.6 Å². The number of aromatic nitrogens is 1. The van der Waals surface area contributed by atoms with Crippen LogP contribution in [0.1, 0.15) is 39.5 Å². The van der Waals surface area contributed by atoms with Crippen molar-refractivity contribution in [1.82, 2.24) is 9.88 Å². The fourth-order valence-electron chi connectivity index (χ4n) is 3.34. The zero-order valence-corrected chi connectivity index (χ0v) is 16.3. The van der Waals surface area contributed by atoms with Crippen molar-refractivity contribution in [1.29, 1.82) is 0 Å². The number of ether oxygens (including phenoxy) is 1. The van der Waals surface area contributed by atoms with Crippen LogP contribution in [0.4, 0.5) is 10.8 Å². The second-order valence-corrected chi connectivity index (χ2v) is 6.90. The molecule has 0 saturated carbocycles. The molecule has 9 heteroatoms. The van der Waals surface area contributed by atoms with Crippen molar-refractivity contribution < 1.29 is 44.1 Å². The van der Waals surface area contributed by atoms with Crippen LogP contribution < -0.4 is 23.8 Å². The van der Waals surface area contributed by atoms with Crippen molar-refractivity contribution in [3.8, 4) is 0 Å². The molecule has 2 aromatic rings. The quantitative estimate of drug-likeness (QED) is 0.766. The number of rotatable bonds is 3. The van der Waals surface area contributed by atoms with Gasteiger partial charge in [0, 0.05) is 25.2 Å². The first-order chi connectivity index (χ1) is 12.3. The van der Waals surface area contributed by atoms with Gasteiger partial charge < -0.3 is 25.5 Å². The number of fused-ring (bicyclic) bond motifs is 1. The van der Waals surface area contributed by atoms with Gasteiger partial charge >= 0.3 is 30.9 Å². The summed E-state index contributed by atoms with van der Waals surface area (Å²) in [5.41, 5.74) is 0.869. The van der Waals surface area contributed by atoms with Crippen molar-refractivity contribution in [3.05, 3.63) is 23.8 Å². The fraction of sp³-hybridized carbons (Fsp3) is 0.500. The Kier molecular flexibility index (Phi) is 6.45. The molecule has 1 aliphatic heterocycles. The van der Waals surface area contributed by atoms with E-state index in [2.05, 4.69) is 4.98 Å². The standard InChI is InChI=1S/C18H23N3O5.Li.H/c1-10(2)25-18(24)20-8-11(3)21(12(4)9-20)17-19-15-13(16(22)23)6-5-7-14(15)26-17;;/h5-7,10-12H,8-9H2,1-4H3,(H,22,23);;/q;+1;-1. The van der Waals surface area contributed by atoms with Crippen LogP contribution in [-0.4, -0.2) is 58.3 Å². The normalized spacial score (nSPS) is 19.9. The Balaban J connectivity index is 0.00000196. The molecule has 8 nitrogen and oxygen atoms in total. The fourth-order valence-corrected chi connectivity index (χ4v) is 3.34. The van der Waals surface area contributed by atoms with Crippen LogP contribution in [0.2, 0.25) is 0 Å². The van der Waals surface area contributed by atoms with E-state index in [4.69, 9.17) is 9.15 Å². The van der Waals surface area contributed by atoms with Gasteiger partial charge in [-0.25, -0.2) is 9.59 Å². The van der Waals surface area contributed by atoms with Crippen molar-refractivity contribution in [2.75, 3.05) is 18.0 Å². The van der Waals surface area contributed by atoms with E-state index in [0.29, 0.717) is 30.2 Å². The van der Waals surface area contributed by atoms with Crippen LogP contribution in [0.5, 0.6) is 0 Å². The number of carbonyl (C=O) groups is 2. The second-order valence-electron chi connectivity index (χ2n) is 6.90. The molecule has 1 aromatic heterocycles. The molecule has 1 fully saturated rings. The molecule has 1 aromatic carbocycles. The first-order valence-electron chi connectivity index (χ1n) is 8.64. The molecule has 1 amide bonds. The number of piperazine rings is 1. The van der Waals surface area contributed by atoms with Gasteiger partial charge in [-0.05, 0) is 39.8 Å². The summed E-state index contributed by atoms with van der Waals surface area (Å²) in [4.78, 5) is 31.6. The number of carbonyl (C=O) groups excluding carboxylic acids is 1. The summed E-state index contributed by atoms with van der Waals surface area (Å²) in [6.45, 7) is 8.52. The summed E-state index contributed by atoms with van der Waals surface area (Å²) >= 11 is 0. The van der Waals surface area contributed by atoms with E-state index in [1.54, 1.807) is 17.0 Å². The summed E-state index contributed by atoms with van der Waals surface area (Å²) < 4.78 is 11.1. The zero-order valence-electron chi connectivity index (χ0n) is 17.3. The number of aromatic carboxylic acids is 1. The number of oxazole rings is 1. The van der Waals surface area contributed by atoms with Gasteiger partial charge in [0.05, 0.1) is 11.7 Å². The number of carboxylic acid groups (broad SMARTS) is 1. The molecule has 142 valence electrons. The molecule has 1 N–H and O–H groups in total. The number of benzene rings is 1. The monoisotopic (exact) mass is 369 g/mol. The van der Waals surface area contributed by atoms with E-state index in [-0.39, 0.29) is 50.1 Å². The minimum absolute atomic E-state index is 0. The third kappa shape index (κ3) is 4.23. The number of hydrogen-bond acceptors (Lipinski definition) is 6. The molecule has 0 radical (unpaired) electrons. The van der Waals surface area contributed by atoms with Crippen molar-refractivity contribution in [2.45, 2.75) is 45.9 Å². The van der Waals surface area contributed by atoms with E-state index in [1.165, 1.54) is 6.07 Å². The summed E-state index contributed by atoms with van der Waals surface area (Å²) in [6.07, 6.45) is -0.498. The van der Waals surface area contributed by atoms with Gasteiger partial charge in [0.15, 0.2) is 5.58 Å². The van der Waals surface area contributed by atoms with Crippen LogP contribution in [0.25, 0.3) is 11.1 Å².